The average Bonchev–Trinajstić information content (AvgIpc) is 3.27. The molecule has 4 atom stereocenters. The van der Waals surface area contributed by atoms with Crippen molar-refractivity contribution in [2.45, 2.75) is 245 Å². The van der Waals surface area contributed by atoms with Crippen LogP contribution in [0.5, 0.6) is 0 Å². The van der Waals surface area contributed by atoms with E-state index < -0.39 is 11.9 Å². The Bertz CT molecular complexity index is 1320. The molecule has 0 bridgehead atoms. The molecule has 4 unspecified atom stereocenters. The number of esters is 2. The predicted molar refractivity (Wildman–Crippen MR) is 258 cm³/mol. The van der Waals surface area contributed by atoms with Gasteiger partial charge in [-0.1, -0.05) is 190 Å². The van der Waals surface area contributed by atoms with Crippen LogP contribution in [-0.2, 0) is 51.3 Å². The van der Waals surface area contributed by atoms with E-state index in [1.807, 2.05) is 36.4 Å². The van der Waals surface area contributed by atoms with E-state index in [-0.39, 0.29) is 98.1 Å². The maximum absolute atomic E-state index is 11.7. The largest absolute Gasteiger partial charge is 2.00 e. The molecule has 2 aromatic rings. The molecule has 0 fully saturated rings. The quantitative estimate of drug-likeness (QED) is 0.0358. The van der Waals surface area contributed by atoms with Crippen LogP contribution in [0.2, 0.25) is 0 Å². The summed E-state index contributed by atoms with van der Waals surface area (Å²) in [5, 5.41) is 20.8. The smallest absolute Gasteiger partial charge is 0.550 e. The first-order chi connectivity index (χ1) is 31.0. The topological polar surface area (TPSA) is 151 Å². The zero-order valence-electron chi connectivity index (χ0n) is 41.1. The predicted octanol–water partition coefficient (Wildman–Crippen LogP) is 11.1. The molecule has 0 aliphatic rings. The molecular weight excluding hydrogens is 946 g/mol. The van der Waals surface area contributed by atoms with E-state index in [9.17, 15) is 29.4 Å². The number of carboxylic acids is 2. The first-order valence-electron chi connectivity index (χ1n) is 25.1. The third-order valence-electron chi connectivity index (χ3n) is 11.5. The van der Waals surface area contributed by atoms with Gasteiger partial charge < -0.3 is 38.7 Å². The minimum atomic E-state index is -0.951. The Balaban J connectivity index is 0.00000124. The van der Waals surface area contributed by atoms with Crippen LogP contribution in [0.15, 0.2) is 60.7 Å². The molecule has 0 aliphatic carbocycles. The van der Waals surface area contributed by atoms with Gasteiger partial charge in [-0.25, -0.2) is 0 Å². The van der Waals surface area contributed by atoms with Gasteiger partial charge in [-0.05, 0) is 75.3 Å². The molecule has 0 saturated heterocycles. The number of rotatable bonds is 40. The summed E-state index contributed by atoms with van der Waals surface area (Å²) in [6, 6.07) is 20.3. The molecule has 11 heteroatoms. The number of carbonyl (C=O) groups excluding carboxylic acids is 4. The SMILES string of the molecule is CCCCCC(OCc1ccccc1)C(CCCCCCCCCCC(=O)[O-])OC(C)=O.CCCCCC(OCc1ccccc1)C(CCCCCCCCCCC(=O)[O-])OC(C)=O.[Ba+2]. The molecule has 0 radical (unpaired) electrons. The van der Waals surface area contributed by atoms with Gasteiger partial charge in [0.25, 0.3) is 0 Å². The summed E-state index contributed by atoms with van der Waals surface area (Å²) in [6.45, 7) is 8.40. The fourth-order valence-electron chi connectivity index (χ4n) is 7.92. The molecule has 0 N–H and O–H groups in total. The maximum Gasteiger partial charge on any atom is 2.00 e. The standard InChI is InChI=1S/2C27H44O5.Ba/c2*1-3-4-12-19-25(31-22-24-17-13-11-14-18-24)26(32-23(2)28)20-15-9-7-5-6-8-10-16-21-27(29)30;/h2*11,13-14,17-18,25-26H,3-10,12,15-16,19-22H2,1-2H3,(H,29,30);/q;;+2/p-2. The Morgan fingerprint density at radius 3 is 0.985 bits per heavy atom. The summed E-state index contributed by atoms with van der Waals surface area (Å²) in [4.78, 5) is 44.3. The molecule has 0 spiro atoms. The summed E-state index contributed by atoms with van der Waals surface area (Å²) >= 11 is 0. The monoisotopic (exact) mass is 1030 g/mol. The summed E-state index contributed by atoms with van der Waals surface area (Å²) in [5.41, 5.74) is 2.27. The number of hydrogen-bond donors (Lipinski definition) is 0. The summed E-state index contributed by atoms with van der Waals surface area (Å²) in [6.07, 6.45) is 26.7. The summed E-state index contributed by atoms with van der Waals surface area (Å²) in [5.74, 6) is -2.38. The van der Waals surface area contributed by atoms with Gasteiger partial charge in [-0.3, -0.25) is 9.59 Å². The summed E-state index contributed by atoms with van der Waals surface area (Å²) in [7, 11) is 0. The van der Waals surface area contributed by atoms with Crippen molar-refractivity contribution in [3.63, 3.8) is 0 Å². The second-order valence-electron chi connectivity index (χ2n) is 17.4. The van der Waals surface area contributed by atoms with Crippen molar-refractivity contribution in [2.75, 3.05) is 0 Å². The van der Waals surface area contributed by atoms with Crippen molar-refractivity contribution in [1.29, 1.82) is 0 Å². The van der Waals surface area contributed by atoms with Gasteiger partial charge in [0, 0.05) is 25.8 Å². The fourth-order valence-corrected chi connectivity index (χ4v) is 7.92. The van der Waals surface area contributed by atoms with Gasteiger partial charge in [-0.2, -0.15) is 0 Å². The molecule has 0 aliphatic heterocycles. The minimum absolute atomic E-state index is 0. The van der Waals surface area contributed by atoms with Crippen molar-refractivity contribution in [3.8, 4) is 0 Å². The second kappa shape index (κ2) is 44.3. The van der Waals surface area contributed by atoms with Gasteiger partial charge in [0.05, 0.1) is 25.4 Å². The van der Waals surface area contributed by atoms with E-state index in [2.05, 4.69) is 38.1 Å². The van der Waals surface area contributed by atoms with E-state index in [1.54, 1.807) is 0 Å². The number of ether oxygens (including phenoxy) is 4. The number of aliphatic carboxylic acids is 2. The molecule has 2 rings (SSSR count). The van der Waals surface area contributed by atoms with Gasteiger partial charge >= 0.3 is 60.8 Å². The third-order valence-corrected chi connectivity index (χ3v) is 11.5. The molecule has 2 aromatic carbocycles. The van der Waals surface area contributed by atoms with Crippen LogP contribution >= 0.6 is 0 Å². The van der Waals surface area contributed by atoms with E-state index >= 15 is 0 Å². The van der Waals surface area contributed by atoms with Crippen LogP contribution in [-0.4, -0.2) is 97.2 Å². The number of hydrogen-bond acceptors (Lipinski definition) is 10. The van der Waals surface area contributed by atoms with Gasteiger partial charge in [0.1, 0.15) is 12.2 Å². The average molecular weight is 1030 g/mol. The molecule has 0 saturated carbocycles. The van der Waals surface area contributed by atoms with Crippen LogP contribution < -0.4 is 10.2 Å². The van der Waals surface area contributed by atoms with E-state index in [4.69, 9.17) is 18.9 Å². The first-order valence-corrected chi connectivity index (χ1v) is 25.1. The Hall–Kier alpha value is -2.19. The van der Waals surface area contributed by atoms with Crippen LogP contribution in [0.4, 0.5) is 0 Å². The van der Waals surface area contributed by atoms with Crippen LogP contribution in [0.3, 0.4) is 0 Å². The van der Waals surface area contributed by atoms with Crippen molar-refractivity contribution in [3.05, 3.63) is 71.8 Å². The minimum Gasteiger partial charge on any atom is -0.550 e. The Morgan fingerprint density at radius 1 is 0.415 bits per heavy atom. The van der Waals surface area contributed by atoms with Gasteiger partial charge in [0.2, 0.25) is 0 Å². The first kappa shape index (κ1) is 62.8. The molecule has 364 valence electrons. The van der Waals surface area contributed by atoms with E-state index in [1.165, 1.54) is 13.8 Å². The van der Waals surface area contributed by atoms with Crippen molar-refractivity contribution in [2.24, 2.45) is 0 Å². The fraction of sp³-hybridized carbons (Fsp3) is 0.704. The third kappa shape index (κ3) is 38.5. The Kier molecular flexibility index (Phi) is 42.8. The molecule has 65 heavy (non-hydrogen) atoms. The number of unbranched alkanes of at least 4 members (excludes halogenated alkanes) is 18. The number of carbonyl (C=O) groups is 4. The Morgan fingerprint density at radius 2 is 0.692 bits per heavy atom. The van der Waals surface area contributed by atoms with E-state index in [0.29, 0.717) is 13.2 Å². The zero-order valence-corrected chi connectivity index (χ0v) is 45.5. The number of benzene rings is 2. The van der Waals surface area contributed by atoms with Gasteiger partial charge in [-0.15, -0.1) is 0 Å². The molecular formula is C54H86BaO10. The van der Waals surface area contributed by atoms with Crippen LogP contribution in [0, 0.1) is 0 Å². The normalized spacial score (nSPS) is 12.7. The van der Waals surface area contributed by atoms with E-state index in [0.717, 1.165) is 178 Å². The molecule has 10 nitrogen and oxygen atoms in total. The van der Waals surface area contributed by atoms with Crippen molar-refractivity contribution in [1.82, 2.24) is 0 Å². The zero-order chi connectivity index (χ0) is 46.9. The number of carboxylic acid groups (broad SMARTS) is 2. The summed E-state index contributed by atoms with van der Waals surface area (Å²) < 4.78 is 23.9. The van der Waals surface area contributed by atoms with Crippen molar-refractivity contribution >= 4 is 72.8 Å². The Labute approximate surface area is 434 Å². The van der Waals surface area contributed by atoms with Crippen LogP contribution in [0.25, 0.3) is 0 Å². The van der Waals surface area contributed by atoms with Crippen LogP contribution in [0.1, 0.15) is 219 Å². The molecule has 0 heterocycles. The maximum atomic E-state index is 11.7. The molecule has 0 aromatic heterocycles. The van der Waals surface area contributed by atoms with Gasteiger partial charge in [0.15, 0.2) is 0 Å². The second-order valence-corrected chi connectivity index (χ2v) is 17.4. The van der Waals surface area contributed by atoms with Crippen molar-refractivity contribution < 1.29 is 48.3 Å². The molecule has 0 amide bonds.